The highest BCUT2D eigenvalue weighted by Gasteiger charge is 2.43. The first-order valence-electron chi connectivity index (χ1n) is 10.7. The van der Waals surface area contributed by atoms with Crippen LogP contribution in [0, 0.1) is 6.92 Å². The lowest BCUT2D eigenvalue weighted by atomic mass is 9.89. The smallest absolute Gasteiger partial charge is 0.262 e. The average molecular weight is 466 g/mol. The summed E-state index contributed by atoms with van der Waals surface area (Å²) in [6.07, 6.45) is 1.22. The maximum absolute atomic E-state index is 13.0. The van der Waals surface area contributed by atoms with Crippen molar-refractivity contribution < 1.29 is 19.2 Å². The van der Waals surface area contributed by atoms with E-state index in [-0.39, 0.29) is 42.3 Å². The maximum Gasteiger partial charge on any atom is 0.262 e. The minimum atomic E-state index is -0.743. The first-order valence-corrected chi connectivity index (χ1v) is 11.1. The summed E-state index contributed by atoms with van der Waals surface area (Å²) >= 11 is 6.09. The summed E-state index contributed by atoms with van der Waals surface area (Å²) < 4.78 is 0. The number of rotatable bonds is 6. The number of halogens is 1. The van der Waals surface area contributed by atoms with Gasteiger partial charge in [-0.3, -0.25) is 24.1 Å². The van der Waals surface area contributed by atoms with E-state index in [0.29, 0.717) is 23.4 Å². The molecule has 1 atom stereocenters. The number of fused-ring (bicyclic) bond motifs is 1. The van der Waals surface area contributed by atoms with Gasteiger partial charge in [0.1, 0.15) is 0 Å². The number of amides is 3. The van der Waals surface area contributed by atoms with E-state index in [0.717, 1.165) is 21.7 Å². The van der Waals surface area contributed by atoms with Crippen LogP contribution in [0.2, 0.25) is 5.02 Å². The number of allylic oxidation sites excluding steroid dienone is 1. The summed E-state index contributed by atoms with van der Waals surface area (Å²) in [5, 5.41) is 6.42. The van der Waals surface area contributed by atoms with Crippen LogP contribution in [-0.4, -0.2) is 41.0 Å². The molecule has 3 amide bonds. The largest absolute Gasteiger partial charge is 0.376 e. The summed E-state index contributed by atoms with van der Waals surface area (Å²) in [4.78, 5) is 51.5. The van der Waals surface area contributed by atoms with Crippen molar-refractivity contribution in [2.24, 2.45) is 0 Å². The van der Waals surface area contributed by atoms with Crippen LogP contribution in [-0.2, 0) is 16.1 Å². The van der Waals surface area contributed by atoms with Crippen LogP contribution in [0.5, 0.6) is 0 Å². The molecule has 0 saturated heterocycles. The molecule has 1 fully saturated rings. The summed E-state index contributed by atoms with van der Waals surface area (Å²) in [7, 11) is 0. The van der Waals surface area contributed by atoms with E-state index >= 15 is 0 Å². The summed E-state index contributed by atoms with van der Waals surface area (Å²) in [5.41, 5.74) is 3.75. The molecule has 1 saturated carbocycles. The molecule has 2 aromatic rings. The molecule has 0 bridgehead atoms. The van der Waals surface area contributed by atoms with E-state index in [2.05, 4.69) is 17.2 Å². The van der Waals surface area contributed by atoms with Gasteiger partial charge in [-0.1, -0.05) is 35.9 Å². The van der Waals surface area contributed by atoms with Crippen molar-refractivity contribution in [3.05, 3.63) is 75.8 Å². The highest BCUT2D eigenvalue weighted by atomic mass is 35.5. The maximum atomic E-state index is 13.0. The van der Waals surface area contributed by atoms with Crippen LogP contribution in [0.25, 0.3) is 0 Å². The van der Waals surface area contributed by atoms with Crippen molar-refractivity contribution in [1.29, 1.82) is 0 Å². The van der Waals surface area contributed by atoms with E-state index in [1.54, 1.807) is 24.3 Å². The van der Waals surface area contributed by atoms with Gasteiger partial charge >= 0.3 is 0 Å². The highest BCUT2D eigenvalue weighted by molar-refractivity contribution is 6.31. The fourth-order valence-corrected chi connectivity index (χ4v) is 4.26. The third-order valence-corrected chi connectivity index (χ3v) is 6.38. The molecule has 170 valence electrons. The Balaban J connectivity index is 1.37. The number of benzene rings is 2. The van der Waals surface area contributed by atoms with Crippen LogP contribution >= 0.6 is 11.6 Å². The lowest BCUT2D eigenvalue weighted by Crippen LogP contribution is -2.46. The molecule has 1 heterocycles. The van der Waals surface area contributed by atoms with E-state index in [4.69, 9.17) is 11.6 Å². The Hall–Kier alpha value is -3.45. The number of aryl methyl sites for hydroxylation is 1. The van der Waals surface area contributed by atoms with Crippen LogP contribution in [0.4, 0.5) is 5.69 Å². The molecule has 0 radical (unpaired) electrons. The highest BCUT2D eigenvalue weighted by Crippen LogP contribution is 2.31. The Morgan fingerprint density at radius 3 is 2.61 bits per heavy atom. The van der Waals surface area contributed by atoms with E-state index in [9.17, 15) is 19.2 Å². The minimum Gasteiger partial charge on any atom is -0.376 e. The van der Waals surface area contributed by atoms with E-state index < -0.39 is 17.9 Å². The van der Waals surface area contributed by atoms with Gasteiger partial charge in [0.25, 0.3) is 11.8 Å². The molecular weight excluding hydrogens is 442 g/mol. The number of nitrogens with zero attached hydrogens (tertiary/aromatic N) is 1. The molecule has 2 aliphatic rings. The molecule has 0 aromatic heterocycles. The predicted octanol–water partition coefficient (Wildman–Crippen LogP) is 3.65. The molecular formula is C25H24ClN3O4. The molecule has 1 unspecified atom stereocenters. The van der Waals surface area contributed by atoms with E-state index in [1.165, 1.54) is 0 Å². The van der Waals surface area contributed by atoms with Crippen LogP contribution in [0.15, 0.2) is 48.6 Å². The number of hydrogen-bond donors (Lipinski definition) is 2. The Morgan fingerprint density at radius 1 is 1.12 bits per heavy atom. The van der Waals surface area contributed by atoms with Gasteiger partial charge in [-0.2, -0.15) is 0 Å². The molecule has 33 heavy (non-hydrogen) atoms. The van der Waals surface area contributed by atoms with Crippen molar-refractivity contribution in [3.8, 4) is 0 Å². The summed E-state index contributed by atoms with van der Waals surface area (Å²) in [6.45, 7) is 5.99. The molecule has 4 rings (SSSR count). The van der Waals surface area contributed by atoms with Gasteiger partial charge in [-0.25, -0.2) is 0 Å². The molecule has 0 spiro atoms. The summed E-state index contributed by atoms with van der Waals surface area (Å²) in [6, 6.07) is 9.61. The minimum absolute atomic E-state index is 0.0601. The fraction of sp³-hybridized carbons (Fsp3) is 0.280. The number of nitrogens with one attached hydrogen (secondary N) is 2. The third kappa shape index (κ3) is 4.68. The first-order chi connectivity index (χ1) is 15.7. The van der Waals surface area contributed by atoms with Gasteiger partial charge in [-0.05, 0) is 55.2 Å². The number of carbonyl (C=O) groups excluding carboxylic acids is 4. The first kappa shape index (κ1) is 22.7. The zero-order chi connectivity index (χ0) is 23.7. The van der Waals surface area contributed by atoms with Gasteiger partial charge in [0.05, 0.1) is 23.7 Å². The van der Waals surface area contributed by atoms with Gasteiger partial charge in [0.15, 0.2) is 5.78 Å². The number of Topliss-reactive ketones (excluding diaryl/α,β-unsaturated/α-hetero) is 1. The monoisotopic (exact) mass is 465 g/mol. The van der Waals surface area contributed by atoms with Gasteiger partial charge in [0, 0.05) is 23.7 Å². The molecule has 2 N–H and O–H groups in total. The van der Waals surface area contributed by atoms with Gasteiger partial charge in [0.2, 0.25) is 5.91 Å². The Morgan fingerprint density at radius 2 is 1.88 bits per heavy atom. The van der Waals surface area contributed by atoms with Crippen molar-refractivity contribution >= 4 is 40.8 Å². The predicted molar refractivity (Wildman–Crippen MR) is 125 cm³/mol. The van der Waals surface area contributed by atoms with Crippen molar-refractivity contribution in [2.45, 2.75) is 38.8 Å². The van der Waals surface area contributed by atoms with Crippen molar-refractivity contribution in [2.75, 3.05) is 11.9 Å². The van der Waals surface area contributed by atoms with Crippen molar-refractivity contribution in [3.63, 3.8) is 0 Å². The van der Waals surface area contributed by atoms with Crippen molar-refractivity contribution in [1.82, 2.24) is 10.2 Å². The van der Waals surface area contributed by atoms with Gasteiger partial charge in [-0.15, -0.1) is 0 Å². The lowest BCUT2D eigenvalue weighted by molar-refractivity contribution is -0.123. The van der Waals surface area contributed by atoms with E-state index in [1.807, 2.05) is 19.1 Å². The average Bonchev–Trinajstić information content (AvgIpc) is 3.03. The molecule has 2 aromatic carbocycles. The standard InChI is InChI=1S/C25H24ClN3O4/c1-14-3-8-21(22(30)9-14)29-24(32)18-7-5-16(10-19(18)25(29)33)12-28-23(31)13-27-17-6-4-15(2)20(26)11-17/h4-7,10-11,21,27H,1,3,8-9,12-13H2,2H3,(H,28,31). The zero-order valence-electron chi connectivity index (χ0n) is 18.2. The Labute approximate surface area is 196 Å². The topological polar surface area (TPSA) is 95.6 Å². The quantitative estimate of drug-likeness (QED) is 0.501. The van der Waals surface area contributed by atoms with Gasteiger partial charge < -0.3 is 10.6 Å². The second-order valence-electron chi connectivity index (χ2n) is 8.40. The second kappa shape index (κ2) is 9.19. The number of anilines is 1. The molecule has 1 aliphatic carbocycles. The molecule has 8 heteroatoms. The van der Waals surface area contributed by atoms with Crippen LogP contribution < -0.4 is 10.6 Å². The Kier molecular flexibility index (Phi) is 6.33. The Bertz CT molecular complexity index is 1190. The van der Waals surface area contributed by atoms with Crippen LogP contribution in [0.3, 0.4) is 0 Å². The third-order valence-electron chi connectivity index (χ3n) is 5.98. The van der Waals surface area contributed by atoms with Crippen LogP contribution in [0.1, 0.15) is 51.1 Å². The number of carbonyl (C=O) groups is 4. The molecule has 7 nitrogen and oxygen atoms in total. The lowest BCUT2D eigenvalue weighted by Gasteiger charge is -2.29. The molecule has 1 aliphatic heterocycles. The second-order valence-corrected chi connectivity index (χ2v) is 8.81. The normalized spacial score (nSPS) is 17.9. The number of imide groups is 1. The SMILES string of the molecule is C=C1CCC(N2C(=O)c3ccc(CNC(=O)CNc4ccc(C)c(Cl)c4)cc3C2=O)C(=O)C1. The summed E-state index contributed by atoms with van der Waals surface area (Å²) in [5.74, 6) is -1.30. The zero-order valence-corrected chi connectivity index (χ0v) is 19.0. The number of hydrogen-bond acceptors (Lipinski definition) is 5. The number of ketones is 1. The fourth-order valence-electron chi connectivity index (χ4n) is 4.08.